The number of fused-ring (bicyclic) bond motifs is 1. The number of rotatable bonds is 5. The topological polar surface area (TPSA) is 67.0 Å². The molecule has 2 heterocycles. The van der Waals surface area contributed by atoms with Crippen LogP contribution in [0, 0.1) is 6.92 Å². The number of carbonyl (C=O) groups is 1. The summed E-state index contributed by atoms with van der Waals surface area (Å²) in [4.78, 5) is 18.8. The number of pyridine rings is 1. The Labute approximate surface area is 153 Å². The highest BCUT2D eigenvalue weighted by atomic mass is 19.4. The van der Waals surface area contributed by atoms with Crippen LogP contribution in [0.4, 0.5) is 18.9 Å². The summed E-state index contributed by atoms with van der Waals surface area (Å²) in [5.41, 5.74) is 2.92. The first-order valence-electron chi connectivity index (χ1n) is 8.29. The van der Waals surface area contributed by atoms with Gasteiger partial charge in [-0.25, -0.2) is 4.98 Å². The molecule has 1 aromatic carbocycles. The van der Waals surface area contributed by atoms with Crippen LogP contribution in [0.25, 0.3) is 11.0 Å². The van der Waals surface area contributed by atoms with Crippen molar-refractivity contribution in [2.24, 2.45) is 0 Å². The van der Waals surface area contributed by atoms with E-state index in [2.05, 4.69) is 15.3 Å². The lowest BCUT2D eigenvalue weighted by molar-refractivity contribution is -0.137. The first-order valence-corrected chi connectivity index (χ1v) is 8.29. The number of anilines is 1. The molecule has 1 amide bonds. The maximum atomic E-state index is 12.6. The Hall–Kier alpha value is -3.03. The minimum absolute atomic E-state index is 0.205. The number of nitrogens with zero attached hydrogens (tertiary/aromatic N) is 1. The summed E-state index contributed by atoms with van der Waals surface area (Å²) in [7, 11) is 0. The summed E-state index contributed by atoms with van der Waals surface area (Å²) in [5, 5.41) is 2.70. The molecule has 0 bridgehead atoms. The largest absolute Gasteiger partial charge is 0.477 e. The van der Waals surface area contributed by atoms with E-state index in [1.807, 2.05) is 6.92 Å². The average molecular weight is 377 g/mol. The van der Waals surface area contributed by atoms with Gasteiger partial charge in [0.25, 0.3) is 0 Å². The van der Waals surface area contributed by atoms with Crippen molar-refractivity contribution in [1.82, 2.24) is 9.97 Å². The molecule has 0 aliphatic heterocycles. The summed E-state index contributed by atoms with van der Waals surface area (Å²) >= 11 is 0. The molecule has 0 radical (unpaired) electrons. The van der Waals surface area contributed by atoms with Crippen molar-refractivity contribution >= 4 is 22.6 Å². The zero-order valence-corrected chi connectivity index (χ0v) is 14.8. The monoisotopic (exact) mass is 377 g/mol. The normalized spacial score (nSPS) is 11.6. The number of aryl methyl sites for hydroxylation is 1. The van der Waals surface area contributed by atoms with Crippen molar-refractivity contribution < 1.29 is 22.7 Å². The number of alkyl halides is 3. The Morgan fingerprint density at radius 2 is 1.96 bits per heavy atom. The van der Waals surface area contributed by atoms with E-state index >= 15 is 0 Å². The molecule has 8 heteroatoms. The fourth-order valence-corrected chi connectivity index (χ4v) is 2.73. The van der Waals surface area contributed by atoms with Crippen LogP contribution in [0.5, 0.6) is 5.88 Å². The quantitative estimate of drug-likeness (QED) is 0.689. The third-order valence-corrected chi connectivity index (χ3v) is 4.04. The number of halogens is 3. The van der Waals surface area contributed by atoms with Crippen LogP contribution in [-0.2, 0) is 17.4 Å². The number of nitrogens with one attached hydrogen (secondary N) is 2. The van der Waals surface area contributed by atoms with E-state index in [1.165, 1.54) is 19.1 Å². The first-order chi connectivity index (χ1) is 12.7. The molecule has 3 rings (SSSR count). The van der Waals surface area contributed by atoms with Gasteiger partial charge >= 0.3 is 6.18 Å². The second kappa shape index (κ2) is 7.30. The highest BCUT2D eigenvalue weighted by molar-refractivity contribution is 5.99. The number of hydrogen-bond acceptors (Lipinski definition) is 3. The Kier molecular flexibility index (Phi) is 5.07. The van der Waals surface area contributed by atoms with E-state index in [0.717, 1.165) is 28.8 Å². The van der Waals surface area contributed by atoms with Crippen LogP contribution < -0.4 is 10.1 Å². The first kappa shape index (κ1) is 18.8. The molecule has 0 fully saturated rings. The van der Waals surface area contributed by atoms with Gasteiger partial charge in [0.1, 0.15) is 5.52 Å². The third-order valence-electron chi connectivity index (χ3n) is 4.04. The van der Waals surface area contributed by atoms with Gasteiger partial charge < -0.3 is 15.0 Å². The lowest BCUT2D eigenvalue weighted by atomic mass is 10.1. The zero-order valence-electron chi connectivity index (χ0n) is 14.8. The summed E-state index contributed by atoms with van der Waals surface area (Å²) in [5.74, 6) is 0.182. The van der Waals surface area contributed by atoms with E-state index in [4.69, 9.17) is 4.74 Å². The van der Waals surface area contributed by atoms with Gasteiger partial charge in [-0.3, -0.25) is 4.79 Å². The molecule has 2 aromatic heterocycles. The minimum atomic E-state index is -4.34. The van der Waals surface area contributed by atoms with Gasteiger partial charge in [0.05, 0.1) is 23.4 Å². The lowest BCUT2D eigenvalue weighted by Crippen LogP contribution is -2.07. The van der Waals surface area contributed by atoms with E-state index < -0.39 is 11.7 Å². The third kappa shape index (κ3) is 4.39. The Bertz CT molecular complexity index is 963. The van der Waals surface area contributed by atoms with Crippen molar-refractivity contribution in [3.63, 3.8) is 0 Å². The molecule has 0 saturated carbocycles. The van der Waals surface area contributed by atoms with E-state index in [-0.39, 0.29) is 12.5 Å². The summed E-state index contributed by atoms with van der Waals surface area (Å²) in [6.07, 6.45) is -2.23. The van der Waals surface area contributed by atoms with Gasteiger partial charge in [-0.15, -0.1) is 0 Å². The maximum Gasteiger partial charge on any atom is 0.416 e. The van der Waals surface area contributed by atoms with E-state index in [9.17, 15) is 18.0 Å². The van der Waals surface area contributed by atoms with E-state index in [1.54, 1.807) is 12.3 Å². The summed E-state index contributed by atoms with van der Waals surface area (Å²) in [6, 6.07) is 6.76. The Balaban J connectivity index is 1.69. The molecule has 27 heavy (non-hydrogen) atoms. The maximum absolute atomic E-state index is 12.6. The molecule has 0 unspecified atom stereocenters. The fourth-order valence-electron chi connectivity index (χ4n) is 2.73. The second-order valence-electron chi connectivity index (χ2n) is 6.18. The van der Waals surface area contributed by atoms with Crippen LogP contribution in [0.3, 0.4) is 0 Å². The van der Waals surface area contributed by atoms with Crippen molar-refractivity contribution in [3.8, 4) is 5.88 Å². The Morgan fingerprint density at radius 3 is 2.59 bits per heavy atom. The number of benzene rings is 1. The van der Waals surface area contributed by atoms with Gasteiger partial charge in [0.2, 0.25) is 11.8 Å². The number of carbonyl (C=O) groups excluding carboxylic acids is 1. The van der Waals surface area contributed by atoms with Crippen LogP contribution in [0.1, 0.15) is 23.6 Å². The number of ether oxygens (including phenoxy) is 1. The second-order valence-corrected chi connectivity index (χ2v) is 6.18. The van der Waals surface area contributed by atoms with E-state index in [0.29, 0.717) is 23.5 Å². The number of H-pyrrole nitrogens is 1. The van der Waals surface area contributed by atoms with Gasteiger partial charge in [0, 0.05) is 25.6 Å². The SMILES string of the molecule is CC(=O)Nc1c[nH]c2c(C)cc(OCCc3ccc(C(F)(F)F)cc3)nc12. The molecule has 0 spiro atoms. The minimum Gasteiger partial charge on any atom is -0.477 e. The highest BCUT2D eigenvalue weighted by Gasteiger charge is 2.29. The van der Waals surface area contributed by atoms with Crippen molar-refractivity contribution in [3.05, 3.63) is 53.2 Å². The van der Waals surface area contributed by atoms with Crippen molar-refractivity contribution in [1.29, 1.82) is 0 Å². The molecule has 5 nitrogen and oxygen atoms in total. The van der Waals surface area contributed by atoms with Gasteiger partial charge in [-0.2, -0.15) is 13.2 Å². The molecular formula is C19H18F3N3O2. The average Bonchev–Trinajstić information content (AvgIpc) is 2.97. The Morgan fingerprint density at radius 1 is 1.26 bits per heavy atom. The molecule has 0 atom stereocenters. The standard InChI is InChI=1S/C19H18F3N3O2/c1-11-9-16(25-18-15(24-12(2)26)10-23-17(11)18)27-8-7-13-3-5-14(6-4-13)19(20,21)22/h3-6,9-10,23H,7-8H2,1-2H3,(H,24,26). The molecule has 0 aliphatic rings. The molecule has 0 saturated heterocycles. The molecular weight excluding hydrogens is 359 g/mol. The van der Waals surface area contributed by atoms with Crippen LogP contribution >= 0.6 is 0 Å². The molecule has 142 valence electrons. The predicted molar refractivity (Wildman–Crippen MR) is 95.8 cm³/mol. The predicted octanol–water partition coefficient (Wildman–Crippen LogP) is 4.47. The van der Waals surface area contributed by atoms with Gasteiger partial charge in [0.15, 0.2) is 0 Å². The highest BCUT2D eigenvalue weighted by Crippen LogP contribution is 2.29. The van der Waals surface area contributed by atoms with Gasteiger partial charge in [-0.05, 0) is 30.2 Å². The number of amides is 1. The fraction of sp³-hybridized carbons (Fsp3) is 0.263. The summed E-state index contributed by atoms with van der Waals surface area (Å²) < 4.78 is 43.4. The molecule has 3 aromatic rings. The number of hydrogen-bond donors (Lipinski definition) is 2. The summed E-state index contributed by atoms with van der Waals surface area (Å²) in [6.45, 7) is 3.57. The van der Waals surface area contributed by atoms with Crippen molar-refractivity contribution in [2.45, 2.75) is 26.4 Å². The molecule has 2 N–H and O–H groups in total. The number of aromatic amines is 1. The lowest BCUT2D eigenvalue weighted by Gasteiger charge is -2.09. The van der Waals surface area contributed by atoms with Crippen LogP contribution in [-0.4, -0.2) is 22.5 Å². The zero-order chi connectivity index (χ0) is 19.6. The van der Waals surface area contributed by atoms with Crippen molar-refractivity contribution in [2.75, 3.05) is 11.9 Å². The number of aromatic nitrogens is 2. The van der Waals surface area contributed by atoms with Crippen LogP contribution in [0.2, 0.25) is 0 Å². The van der Waals surface area contributed by atoms with Crippen LogP contribution in [0.15, 0.2) is 36.5 Å². The van der Waals surface area contributed by atoms with Gasteiger partial charge in [-0.1, -0.05) is 12.1 Å². The smallest absolute Gasteiger partial charge is 0.416 e. The molecule has 0 aliphatic carbocycles.